The molecule has 1 aromatic rings. The molecule has 82 valence electrons. The molecular formula is C12H18N2O. The summed E-state index contributed by atoms with van der Waals surface area (Å²) in [6.45, 7) is 1.59. The number of nitrogens with zero attached hydrogens (tertiary/aromatic N) is 1. The van der Waals surface area contributed by atoms with E-state index in [0.29, 0.717) is 6.54 Å². The van der Waals surface area contributed by atoms with Gasteiger partial charge in [0.05, 0.1) is 12.2 Å². The summed E-state index contributed by atoms with van der Waals surface area (Å²) in [4.78, 5) is 16.8. The smallest absolute Gasteiger partial charge is 0.192 e. The van der Waals surface area contributed by atoms with E-state index in [4.69, 9.17) is 0 Å². The highest BCUT2D eigenvalue weighted by Gasteiger charge is 2.20. The molecule has 0 amide bonds. The molecule has 0 bridgehead atoms. The van der Waals surface area contributed by atoms with E-state index in [1.54, 1.807) is 6.20 Å². The van der Waals surface area contributed by atoms with Crippen LogP contribution >= 0.6 is 0 Å². The number of nitrogens with one attached hydrogen (secondary N) is 1. The molecule has 0 aromatic carbocycles. The maximum Gasteiger partial charge on any atom is 0.192 e. The average molecular weight is 206 g/mol. The summed E-state index contributed by atoms with van der Waals surface area (Å²) in [6, 6.07) is 3.69. The number of ketones is 1. The number of H-pyrrole nitrogens is 1. The van der Waals surface area contributed by atoms with Gasteiger partial charge in [-0.1, -0.05) is 6.42 Å². The topological polar surface area (TPSA) is 36.1 Å². The van der Waals surface area contributed by atoms with Crippen molar-refractivity contribution in [3.63, 3.8) is 0 Å². The highest BCUT2D eigenvalue weighted by Crippen LogP contribution is 2.26. The number of carbonyl (C=O) groups is 1. The molecule has 1 N–H and O–H groups in total. The number of hydrogen-bond donors (Lipinski definition) is 1. The maximum atomic E-state index is 11.7. The molecule has 1 aliphatic rings. The lowest BCUT2D eigenvalue weighted by atomic mass is 9.85. The molecule has 0 aliphatic heterocycles. The first kappa shape index (κ1) is 10.4. The quantitative estimate of drug-likeness (QED) is 0.747. The summed E-state index contributed by atoms with van der Waals surface area (Å²) < 4.78 is 0. The monoisotopic (exact) mass is 206 g/mol. The standard InChI is InChI=1S/C12H18N2O/c1-14(8-10-4-2-5-10)9-12(15)11-6-3-7-13-11/h3,6-7,10,13H,2,4-5,8-9H2,1H3. The number of aromatic amines is 1. The highest BCUT2D eigenvalue weighted by atomic mass is 16.1. The summed E-state index contributed by atoms with van der Waals surface area (Å²) in [5, 5.41) is 0. The van der Waals surface area contributed by atoms with Crippen LogP contribution in [0.25, 0.3) is 0 Å². The zero-order valence-corrected chi connectivity index (χ0v) is 9.20. The minimum Gasteiger partial charge on any atom is -0.359 e. The Balaban J connectivity index is 1.78. The summed E-state index contributed by atoms with van der Waals surface area (Å²) in [6.07, 6.45) is 5.82. The van der Waals surface area contributed by atoms with Gasteiger partial charge >= 0.3 is 0 Å². The third-order valence-corrected chi connectivity index (χ3v) is 3.11. The van der Waals surface area contributed by atoms with Gasteiger partial charge in [-0.3, -0.25) is 9.69 Å². The van der Waals surface area contributed by atoms with Crippen LogP contribution in [0.15, 0.2) is 18.3 Å². The summed E-state index contributed by atoms with van der Waals surface area (Å²) >= 11 is 0. The highest BCUT2D eigenvalue weighted by molar-refractivity contribution is 5.95. The molecule has 1 saturated carbocycles. The molecule has 1 heterocycles. The minimum absolute atomic E-state index is 0.182. The number of Topliss-reactive ketones (excluding diaryl/α,β-unsaturated/α-hetero) is 1. The molecule has 0 radical (unpaired) electrons. The Morgan fingerprint density at radius 3 is 2.93 bits per heavy atom. The van der Waals surface area contributed by atoms with Crippen LogP contribution in [0.5, 0.6) is 0 Å². The first-order valence-electron chi connectivity index (χ1n) is 5.61. The molecule has 2 rings (SSSR count). The fraction of sp³-hybridized carbons (Fsp3) is 0.583. The Bertz CT molecular complexity index is 314. The molecule has 0 spiro atoms. The van der Waals surface area contributed by atoms with Gasteiger partial charge in [0.25, 0.3) is 0 Å². The second-order valence-electron chi connectivity index (χ2n) is 4.50. The third kappa shape index (κ3) is 2.69. The van der Waals surface area contributed by atoms with Crippen molar-refractivity contribution in [1.29, 1.82) is 0 Å². The number of likely N-dealkylation sites (N-methyl/N-ethyl adjacent to an activating group) is 1. The van der Waals surface area contributed by atoms with E-state index in [1.165, 1.54) is 19.3 Å². The third-order valence-electron chi connectivity index (χ3n) is 3.11. The summed E-state index contributed by atoms with van der Waals surface area (Å²) in [5.41, 5.74) is 0.718. The predicted molar refractivity (Wildman–Crippen MR) is 60.0 cm³/mol. The lowest BCUT2D eigenvalue weighted by Crippen LogP contribution is -2.33. The van der Waals surface area contributed by atoms with Crippen molar-refractivity contribution in [2.24, 2.45) is 5.92 Å². The minimum atomic E-state index is 0.182. The summed E-state index contributed by atoms with van der Waals surface area (Å²) in [5.74, 6) is 1.01. The van der Waals surface area contributed by atoms with Gasteiger partial charge in [-0.05, 0) is 37.9 Å². The number of carbonyl (C=O) groups excluding carboxylic acids is 1. The van der Waals surface area contributed by atoms with Crippen molar-refractivity contribution in [2.45, 2.75) is 19.3 Å². The van der Waals surface area contributed by atoms with E-state index < -0.39 is 0 Å². The van der Waals surface area contributed by atoms with Crippen LogP contribution < -0.4 is 0 Å². The van der Waals surface area contributed by atoms with Crippen LogP contribution in [0.3, 0.4) is 0 Å². The van der Waals surface area contributed by atoms with E-state index in [1.807, 2.05) is 19.2 Å². The van der Waals surface area contributed by atoms with Gasteiger partial charge in [0, 0.05) is 12.7 Å². The zero-order chi connectivity index (χ0) is 10.7. The Morgan fingerprint density at radius 1 is 1.60 bits per heavy atom. The van der Waals surface area contributed by atoms with Crippen LogP contribution in [0, 0.1) is 5.92 Å². The van der Waals surface area contributed by atoms with Crippen LogP contribution in [0.4, 0.5) is 0 Å². The van der Waals surface area contributed by atoms with E-state index >= 15 is 0 Å². The summed E-state index contributed by atoms with van der Waals surface area (Å²) in [7, 11) is 2.03. The van der Waals surface area contributed by atoms with Gasteiger partial charge in [0.1, 0.15) is 0 Å². The Kier molecular flexibility index (Phi) is 3.21. The van der Waals surface area contributed by atoms with Crippen molar-refractivity contribution in [2.75, 3.05) is 20.1 Å². The molecule has 1 fully saturated rings. The molecule has 0 saturated heterocycles. The normalized spacial score (nSPS) is 16.7. The molecule has 15 heavy (non-hydrogen) atoms. The lowest BCUT2D eigenvalue weighted by Gasteiger charge is -2.29. The van der Waals surface area contributed by atoms with Gasteiger partial charge in [-0.2, -0.15) is 0 Å². The average Bonchev–Trinajstić information content (AvgIpc) is 2.64. The molecular weight excluding hydrogens is 188 g/mol. The number of aromatic nitrogens is 1. The maximum absolute atomic E-state index is 11.7. The molecule has 0 unspecified atom stereocenters. The second kappa shape index (κ2) is 4.62. The van der Waals surface area contributed by atoms with Crippen molar-refractivity contribution < 1.29 is 4.79 Å². The fourth-order valence-electron chi connectivity index (χ4n) is 2.01. The first-order chi connectivity index (χ1) is 7.25. The van der Waals surface area contributed by atoms with Gasteiger partial charge in [-0.25, -0.2) is 0 Å². The van der Waals surface area contributed by atoms with Crippen molar-refractivity contribution >= 4 is 5.78 Å². The van der Waals surface area contributed by atoms with Gasteiger partial charge < -0.3 is 4.98 Å². The van der Waals surface area contributed by atoms with Crippen LogP contribution in [-0.4, -0.2) is 35.8 Å². The van der Waals surface area contributed by atoms with E-state index in [2.05, 4.69) is 9.88 Å². The SMILES string of the molecule is CN(CC(=O)c1ccc[nH]1)CC1CCC1. The number of rotatable bonds is 5. The lowest BCUT2D eigenvalue weighted by molar-refractivity contribution is 0.0920. The Hall–Kier alpha value is -1.09. The van der Waals surface area contributed by atoms with Crippen molar-refractivity contribution in [1.82, 2.24) is 9.88 Å². The van der Waals surface area contributed by atoms with E-state index in [9.17, 15) is 4.79 Å². The van der Waals surface area contributed by atoms with Crippen molar-refractivity contribution in [3.8, 4) is 0 Å². The van der Waals surface area contributed by atoms with E-state index in [-0.39, 0.29) is 5.78 Å². The van der Waals surface area contributed by atoms with Crippen molar-refractivity contribution in [3.05, 3.63) is 24.0 Å². The number of hydrogen-bond acceptors (Lipinski definition) is 2. The second-order valence-corrected chi connectivity index (χ2v) is 4.50. The van der Waals surface area contributed by atoms with Crippen LogP contribution in [-0.2, 0) is 0 Å². The predicted octanol–water partition coefficient (Wildman–Crippen LogP) is 1.93. The zero-order valence-electron chi connectivity index (χ0n) is 9.20. The largest absolute Gasteiger partial charge is 0.359 e. The molecule has 1 aliphatic carbocycles. The van der Waals surface area contributed by atoms with Gasteiger partial charge in [0.15, 0.2) is 5.78 Å². The Labute approximate surface area is 90.5 Å². The molecule has 0 atom stereocenters. The molecule has 3 nitrogen and oxygen atoms in total. The van der Waals surface area contributed by atoms with E-state index in [0.717, 1.165) is 18.2 Å². The molecule has 1 aromatic heterocycles. The molecule has 3 heteroatoms. The first-order valence-corrected chi connectivity index (χ1v) is 5.61. The van der Waals surface area contributed by atoms with Gasteiger partial charge in [0.2, 0.25) is 0 Å². The van der Waals surface area contributed by atoms with Crippen LogP contribution in [0.1, 0.15) is 29.8 Å². The van der Waals surface area contributed by atoms with Crippen LogP contribution in [0.2, 0.25) is 0 Å². The fourth-order valence-corrected chi connectivity index (χ4v) is 2.01. The Morgan fingerprint density at radius 2 is 2.40 bits per heavy atom. The van der Waals surface area contributed by atoms with Gasteiger partial charge in [-0.15, -0.1) is 0 Å².